The number of amides is 1. The highest BCUT2D eigenvalue weighted by molar-refractivity contribution is 7.87. The number of carbonyl (C=O) groups is 2. The molecule has 0 bridgehead atoms. The number of carbonyl (C=O) groups excluding carboxylic acids is 2. The minimum Gasteiger partial charge on any atom is -0.497 e. The quantitative estimate of drug-likeness (QED) is 0.628. The van der Waals surface area contributed by atoms with Crippen LogP contribution in [-0.4, -0.2) is 27.2 Å². The highest BCUT2D eigenvalue weighted by atomic mass is 32.2. The van der Waals surface area contributed by atoms with E-state index in [1.807, 2.05) is 0 Å². The molecule has 1 amide bonds. The molecule has 0 fully saturated rings. The minimum absolute atomic E-state index is 0.105. The summed E-state index contributed by atoms with van der Waals surface area (Å²) in [4.78, 5) is 22.5. The van der Waals surface area contributed by atoms with Crippen LogP contribution in [0.25, 0.3) is 0 Å². The number of methoxy groups -OCH3 is 1. The second kappa shape index (κ2) is 6.71. The van der Waals surface area contributed by atoms with Gasteiger partial charge in [0.05, 0.1) is 12.7 Å². The lowest BCUT2D eigenvalue weighted by molar-refractivity contribution is 0.0995. The maximum absolute atomic E-state index is 12.4. The summed E-state index contributed by atoms with van der Waals surface area (Å²) in [7, 11) is -2.79. The van der Waals surface area contributed by atoms with Crippen molar-refractivity contribution in [1.29, 1.82) is 0 Å². The fraction of sp³-hybridized carbons (Fsp3) is 0.125. The third-order valence-corrected chi connectivity index (χ3v) is 4.44. The topological polar surface area (TPSA) is 113 Å². The van der Waals surface area contributed by atoms with E-state index in [0.29, 0.717) is 5.75 Å². The summed E-state index contributed by atoms with van der Waals surface area (Å²) in [5.41, 5.74) is 5.38. The lowest BCUT2D eigenvalue weighted by Gasteiger charge is -2.11. The van der Waals surface area contributed by atoms with Gasteiger partial charge >= 0.3 is 10.1 Å². The van der Waals surface area contributed by atoms with Crippen molar-refractivity contribution in [3.63, 3.8) is 0 Å². The molecular weight excluding hydrogens is 334 g/mol. The average Bonchev–Trinajstić information content (AvgIpc) is 2.54. The van der Waals surface area contributed by atoms with Gasteiger partial charge in [-0.05, 0) is 43.3 Å². The molecule has 0 aliphatic rings. The van der Waals surface area contributed by atoms with Gasteiger partial charge in [-0.1, -0.05) is 0 Å². The molecule has 0 unspecified atom stereocenters. The summed E-state index contributed by atoms with van der Waals surface area (Å²) in [6.45, 7) is 1.29. The first kappa shape index (κ1) is 17.5. The molecule has 0 radical (unpaired) electrons. The van der Waals surface area contributed by atoms with Crippen LogP contribution in [-0.2, 0) is 10.1 Å². The van der Waals surface area contributed by atoms with E-state index in [4.69, 9.17) is 14.7 Å². The van der Waals surface area contributed by atoms with Gasteiger partial charge in [0.2, 0.25) is 5.91 Å². The number of ketones is 1. The Labute approximate surface area is 139 Å². The van der Waals surface area contributed by atoms with Gasteiger partial charge in [-0.25, -0.2) is 0 Å². The monoisotopic (exact) mass is 349 g/mol. The normalized spacial score (nSPS) is 10.9. The van der Waals surface area contributed by atoms with E-state index in [-0.39, 0.29) is 27.6 Å². The van der Waals surface area contributed by atoms with Crippen molar-refractivity contribution in [2.45, 2.75) is 11.8 Å². The van der Waals surface area contributed by atoms with Gasteiger partial charge in [-0.3, -0.25) is 9.59 Å². The first-order chi connectivity index (χ1) is 11.2. The SMILES string of the molecule is COc1ccc(C(C)=O)c(OS(=O)(=O)c2ccc(C(N)=O)cc2)c1. The molecule has 0 saturated heterocycles. The van der Waals surface area contributed by atoms with E-state index in [2.05, 4.69) is 0 Å². The van der Waals surface area contributed by atoms with Gasteiger partial charge in [-0.2, -0.15) is 8.42 Å². The lowest BCUT2D eigenvalue weighted by atomic mass is 10.1. The molecule has 2 aromatic carbocycles. The molecule has 0 aliphatic carbocycles. The molecule has 2 N–H and O–H groups in total. The number of rotatable bonds is 6. The van der Waals surface area contributed by atoms with Crippen molar-refractivity contribution in [1.82, 2.24) is 0 Å². The summed E-state index contributed by atoms with van der Waals surface area (Å²) in [6.07, 6.45) is 0. The fourth-order valence-corrected chi connectivity index (χ4v) is 2.88. The number of benzene rings is 2. The van der Waals surface area contributed by atoms with Gasteiger partial charge in [0.1, 0.15) is 10.6 Å². The molecular formula is C16H15NO6S. The number of hydrogen-bond donors (Lipinski definition) is 1. The van der Waals surface area contributed by atoms with E-state index in [1.165, 1.54) is 56.5 Å². The number of nitrogens with two attached hydrogens (primary N) is 1. The van der Waals surface area contributed by atoms with Gasteiger partial charge in [-0.15, -0.1) is 0 Å². The maximum Gasteiger partial charge on any atom is 0.339 e. The van der Waals surface area contributed by atoms with Crippen molar-refractivity contribution in [2.24, 2.45) is 5.73 Å². The standard InChI is InChI=1S/C16H15NO6S/c1-10(18)14-8-5-12(22-2)9-15(14)23-24(20,21)13-6-3-11(4-7-13)16(17)19/h3-9H,1-2H3,(H2,17,19). The summed E-state index contributed by atoms with van der Waals surface area (Å²) < 4.78 is 34.8. The van der Waals surface area contributed by atoms with Crippen molar-refractivity contribution >= 4 is 21.8 Å². The molecule has 0 heterocycles. The summed E-state index contributed by atoms with van der Waals surface area (Å²) >= 11 is 0. The van der Waals surface area contributed by atoms with Crippen LogP contribution in [0.2, 0.25) is 0 Å². The Balaban J connectivity index is 2.41. The third kappa shape index (κ3) is 3.72. The molecule has 0 aromatic heterocycles. The van der Waals surface area contributed by atoms with Crippen LogP contribution >= 0.6 is 0 Å². The molecule has 24 heavy (non-hydrogen) atoms. The molecule has 7 nitrogen and oxygen atoms in total. The van der Waals surface area contributed by atoms with Gasteiger partial charge in [0.25, 0.3) is 0 Å². The van der Waals surface area contributed by atoms with Crippen molar-refractivity contribution in [2.75, 3.05) is 7.11 Å². The molecule has 0 spiro atoms. The highest BCUT2D eigenvalue weighted by Crippen LogP contribution is 2.28. The fourth-order valence-electron chi connectivity index (χ4n) is 1.94. The van der Waals surface area contributed by atoms with Gasteiger partial charge in [0, 0.05) is 11.6 Å². The second-order valence-corrected chi connectivity index (χ2v) is 6.39. The Morgan fingerprint density at radius 2 is 1.67 bits per heavy atom. The molecule has 126 valence electrons. The predicted molar refractivity (Wildman–Crippen MR) is 85.8 cm³/mol. The molecule has 2 aromatic rings. The number of ether oxygens (including phenoxy) is 1. The Bertz CT molecular complexity index is 887. The van der Waals surface area contributed by atoms with E-state index in [1.54, 1.807) is 0 Å². The summed E-state index contributed by atoms with van der Waals surface area (Å²) in [5.74, 6) is -0.825. The number of hydrogen-bond acceptors (Lipinski definition) is 6. The molecule has 8 heteroatoms. The lowest BCUT2D eigenvalue weighted by Crippen LogP contribution is -2.14. The maximum atomic E-state index is 12.4. The van der Waals surface area contributed by atoms with Gasteiger partial charge in [0.15, 0.2) is 11.5 Å². The summed E-state index contributed by atoms with van der Waals surface area (Å²) in [6, 6.07) is 9.20. The molecule has 2 rings (SSSR count). The zero-order chi connectivity index (χ0) is 17.9. The van der Waals surface area contributed by atoms with Crippen molar-refractivity contribution in [3.05, 3.63) is 53.6 Å². The van der Waals surface area contributed by atoms with Crippen LogP contribution < -0.4 is 14.7 Å². The van der Waals surface area contributed by atoms with E-state index in [0.717, 1.165) is 0 Å². The average molecular weight is 349 g/mol. The third-order valence-electron chi connectivity index (χ3n) is 3.20. The van der Waals surface area contributed by atoms with E-state index >= 15 is 0 Å². The Kier molecular flexibility index (Phi) is 4.89. The van der Waals surface area contributed by atoms with Crippen LogP contribution in [0.15, 0.2) is 47.4 Å². The predicted octanol–water partition coefficient (Wildman–Crippen LogP) is 1.76. The number of Topliss-reactive ketones (excluding diaryl/α,β-unsaturated/α-hetero) is 1. The van der Waals surface area contributed by atoms with Crippen LogP contribution in [0.5, 0.6) is 11.5 Å². The first-order valence-corrected chi connectivity index (χ1v) is 8.19. The van der Waals surface area contributed by atoms with Crippen molar-refractivity contribution < 1.29 is 26.9 Å². The van der Waals surface area contributed by atoms with E-state index in [9.17, 15) is 18.0 Å². The Morgan fingerprint density at radius 1 is 1.04 bits per heavy atom. The second-order valence-electron chi connectivity index (χ2n) is 4.84. The number of primary amides is 1. The first-order valence-electron chi connectivity index (χ1n) is 6.78. The van der Waals surface area contributed by atoms with E-state index < -0.39 is 16.0 Å². The van der Waals surface area contributed by atoms with Crippen LogP contribution in [0, 0.1) is 0 Å². The molecule has 0 saturated carbocycles. The summed E-state index contributed by atoms with van der Waals surface area (Å²) in [5, 5.41) is 0. The van der Waals surface area contributed by atoms with Crippen LogP contribution in [0.3, 0.4) is 0 Å². The van der Waals surface area contributed by atoms with Crippen LogP contribution in [0.1, 0.15) is 27.6 Å². The highest BCUT2D eigenvalue weighted by Gasteiger charge is 2.21. The zero-order valence-corrected chi connectivity index (χ0v) is 13.8. The molecule has 0 atom stereocenters. The Hall–Kier alpha value is -2.87. The minimum atomic E-state index is -4.20. The zero-order valence-electron chi connectivity index (χ0n) is 13.0. The van der Waals surface area contributed by atoms with Crippen LogP contribution in [0.4, 0.5) is 0 Å². The molecule has 0 aliphatic heterocycles. The van der Waals surface area contributed by atoms with Crippen molar-refractivity contribution in [3.8, 4) is 11.5 Å². The Morgan fingerprint density at radius 3 is 2.17 bits per heavy atom. The smallest absolute Gasteiger partial charge is 0.339 e. The largest absolute Gasteiger partial charge is 0.497 e. The van der Waals surface area contributed by atoms with Gasteiger partial charge < -0.3 is 14.7 Å².